The van der Waals surface area contributed by atoms with Gasteiger partial charge < -0.3 is 14.2 Å². The van der Waals surface area contributed by atoms with Crippen molar-refractivity contribution in [2.45, 2.75) is 52.8 Å². The summed E-state index contributed by atoms with van der Waals surface area (Å²) in [6.45, 7) is 8.60. The molecule has 0 bridgehead atoms. The zero-order valence-corrected chi connectivity index (χ0v) is 15.4. The van der Waals surface area contributed by atoms with Crippen LogP contribution < -0.4 is 0 Å². The number of amides is 1. The van der Waals surface area contributed by atoms with E-state index in [2.05, 4.69) is 41.6 Å². The Kier molecular flexibility index (Phi) is 5.53. The monoisotopic (exact) mass is 341 g/mol. The molecular weight excluding hydrogens is 314 g/mol. The summed E-state index contributed by atoms with van der Waals surface area (Å²) in [5.41, 5.74) is 3.81. The van der Waals surface area contributed by atoms with Gasteiger partial charge in [0.05, 0.1) is 12.6 Å². The quantitative estimate of drug-likeness (QED) is 0.811. The fraction of sp³-hybridized carbons (Fsp3) is 0.500. The summed E-state index contributed by atoms with van der Waals surface area (Å²) in [5.74, 6) is 0.978. The van der Waals surface area contributed by atoms with E-state index in [1.54, 1.807) is 6.92 Å². The average Bonchev–Trinajstić information content (AvgIpc) is 3.22. The number of imidazole rings is 1. The van der Waals surface area contributed by atoms with Crippen LogP contribution in [0.4, 0.5) is 0 Å². The number of aromatic nitrogens is 2. The molecular formula is C20H27N3O2. The van der Waals surface area contributed by atoms with Gasteiger partial charge in [-0.25, -0.2) is 4.98 Å². The molecule has 1 atom stereocenters. The molecule has 134 valence electrons. The molecule has 0 radical (unpaired) electrons. The Morgan fingerprint density at radius 2 is 2.24 bits per heavy atom. The van der Waals surface area contributed by atoms with Gasteiger partial charge in [-0.1, -0.05) is 23.8 Å². The van der Waals surface area contributed by atoms with Crippen molar-refractivity contribution in [2.24, 2.45) is 0 Å². The summed E-state index contributed by atoms with van der Waals surface area (Å²) >= 11 is 0. The summed E-state index contributed by atoms with van der Waals surface area (Å²) in [5, 5.41) is 0. The number of benzene rings is 1. The van der Waals surface area contributed by atoms with E-state index in [0.717, 1.165) is 31.8 Å². The van der Waals surface area contributed by atoms with E-state index in [-0.39, 0.29) is 12.0 Å². The number of hydrogen-bond donors (Lipinski definition) is 0. The topological polar surface area (TPSA) is 47.4 Å². The number of carbonyl (C=O) groups excluding carboxylic acids is 1. The number of aryl methyl sites for hydroxylation is 2. The van der Waals surface area contributed by atoms with E-state index in [0.29, 0.717) is 13.1 Å². The molecule has 1 saturated heterocycles. The molecule has 0 saturated carbocycles. The number of rotatable bonds is 6. The Bertz CT molecular complexity index is 732. The summed E-state index contributed by atoms with van der Waals surface area (Å²) in [7, 11) is 0. The predicted octanol–water partition coefficient (Wildman–Crippen LogP) is 3.08. The molecule has 25 heavy (non-hydrogen) atoms. The van der Waals surface area contributed by atoms with E-state index >= 15 is 0 Å². The van der Waals surface area contributed by atoms with Crippen LogP contribution in [0.2, 0.25) is 0 Å². The molecule has 2 heterocycles. The number of nitrogens with zero attached hydrogens (tertiary/aromatic N) is 3. The Labute approximate surface area is 149 Å². The van der Waals surface area contributed by atoms with Crippen molar-refractivity contribution in [3.8, 4) is 0 Å². The van der Waals surface area contributed by atoms with Gasteiger partial charge in [0.15, 0.2) is 0 Å². The van der Waals surface area contributed by atoms with Crippen molar-refractivity contribution in [1.29, 1.82) is 0 Å². The summed E-state index contributed by atoms with van der Waals surface area (Å²) in [6.07, 6.45) is 6.07. The molecule has 0 aliphatic carbocycles. The molecule has 3 rings (SSSR count). The lowest BCUT2D eigenvalue weighted by Gasteiger charge is -2.24. The van der Waals surface area contributed by atoms with E-state index in [4.69, 9.17) is 4.74 Å². The maximum absolute atomic E-state index is 12.1. The largest absolute Gasteiger partial charge is 0.376 e. The second kappa shape index (κ2) is 7.83. The third-order valence-electron chi connectivity index (χ3n) is 4.87. The van der Waals surface area contributed by atoms with Gasteiger partial charge in [-0.05, 0) is 37.8 Å². The van der Waals surface area contributed by atoms with Crippen LogP contribution >= 0.6 is 0 Å². The summed E-state index contributed by atoms with van der Waals surface area (Å²) < 4.78 is 7.82. The molecule has 1 aromatic heterocycles. The molecule has 5 nitrogen and oxygen atoms in total. The van der Waals surface area contributed by atoms with Crippen molar-refractivity contribution >= 4 is 5.91 Å². The van der Waals surface area contributed by atoms with E-state index in [9.17, 15) is 4.79 Å². The van der Waals surface area contributed by atoms with Gasteiger partial charge in [0.1, 0.15) is 5.82 Å². The zero-order valence-electron chi connectivity index (χ0n) is 15.4. The highest BCUT2D eigenvalue weighted by atomic mass is 16.5. The standard InChI is InChI=1S/C20H27N3O2/c1-15-6-7-16(2)18(11-15)12-22-9-8-21-20(22)14-23(17(3)24)13-19-5-4-10-25-19/h6-9,11,19H,4-5,10,12-14H2,1-3H3. The molecule has 5 heteroatoms. The van der Waals surface area contributed by atoms with E-state index in [1.807, 2.05) is 17.3 Å². The molecule has 0 spiro atoms. The second-order valence-electron chi connectivity index (χ2n) is 6.94. The Morgan fingerprint density at radius 3 is 2.96 bits per heavy atom. The lowest BCUT2D eigenvalue weighted by molar-refractivity contribution is -0.131. The van der Waals surface area contributed by atoms with Crippen LogP contribution in [0.1, 0.15) is 42.3 Å². The van der Waals surface area contributed by atoms with Crippen LogP contribution in [0, 0.1) is 13.8 Å². The Morgan fingerprint density at radius 1 is 1.40 bits per heavy atom. The molecule has 1 unspecified atom stereocenters. The minimum absolute atomic E-state index is 0.0665. The van der Waals surface area contributed by atoms with Crippen LogP contribution in [0.3, 0.4) is 0 Å². The van der Waals surface area contributed by atoms with Crippen molar-refractivity contribution in [3.63, 3.8) is 0 Å². The molecule has 1 fully saturated rings. The van der Waals surface area contributed by atoms with Gasteiger partial charge in [0.25, 0.3) is 0 Å². The lowest BCUT2D eigenvalue weighted by atomic mass is 10.1. The first kappa shape index (κ1) is 17.7. The molecule has 1 amide bonds. The first-order valence-electron chi connectivity index (χ1n) is 8.96. The van der Waals surface area contributed by atoms with Crippen LogP contribution in [0.5, 0.6) is 0 Å². The molecule has 1 aromatic carbocycles. The first-order valence-corrected chi connectivity index (χ1v) is 8.96. The van der Waals surface area contributed by atoms with Crippen molar-refractivity contribution in [2.75, 3.05) is 13.2 Å². The Hall–Kier alpha value is -2.14. The van der Waals surface area contributed by atoms with Crippen molar-refractivity contribution in [3.05, 3.63) is 53.1 Å². The maximum atomic E-state index is 12.1. The number of carbonyl (C=O) groups is 1. The Balaban J connectivity index is 1.73. The predicted molar refractivity (Wildman–Crippen MR) is 97.3 cm³/mol. The third kappa shape index (κ3) is 4.48. The highest BCUT2D eigenvalue weighted by molar-refractivity contribution is 5.73. The molecule has 1 aliphatic rings. The van der Waals surface area contributed by atoms with E-state index in [1.165, 1.54) is 16.7 Å². The van der Waals surface area contributed by atoms with Gasteiger partial charge in [0, 0.05) is 39.0 Å². The normalized spacial score (nSPS) is 17.0. The highest BCUT2D eigenvalue weighted by Gasteiger charge is 2.22. The van der Waals surface area contributed by atoms with Gasteiger partial charge in [-0.3, -0.25) is 4.79 Å². The zero-order chi connectivity index (χ0) is 17.8. The van der Waals surface area contributed by atoms with Gasteiger partial charge >= 0.3 is 0 Å². The minimum atomic E-state index is 0.0665. The third-order valence-corrected chi connectivity index (χ3v) is 4.87. The maximum Gasteiger partial charge on any atom is 0.219 e. The van der Waals surface area contributed by atoms with Crippen LogP contribution in [0.25, 0.3) is 0 Å². The first-order chi connectivity index (χ1) is 12.0. The van der Waals surface area contributed by atoms with Crippen LogP contribution in [-0.2, 0) is 22.6 Å². The SMILES string of the molecule is CC(=O)N(Cc1nccn1Cc1cc(C)ccc1C)CC1CCCO1. The average molecular weight is 341 g/mol. The van der Waals surface area contributed by atoms with Crippen LogP contribution in [0.15, 0.2) is 30.6 Å². The fourth-order valence-electron chi connectivity index (χ4n) is 3.30. The fourth-order valence-corrected chi connectivity index (χ4v) is 3.30. The van der Waals surface area contributed by atoms with Crippen molar-refractivity contribution in [1.82, 2.24) is 14.5 Å². The molecule has 0 N–H and O–H groups in total. The smallest absolute Gasteiger partial charge is 0.219 e. The summed E-state index contributed by atoms with van der Waals surface area (Å²) in [6, 6.07) is 6.50. The molecule has 2 aromatic rings. The van der Waals surface area contributed by atoms with Gasteiger partial charge in [-0.15, -0.1) is 0 Å². The number of ether oxygens (including phenoxy) is 1. The van der Waals surface area contributed by atoms with Crippen molar-refractivity contribution < 1.29 is 9.53 Å². The van der Waals surface area contributed by atoms with Gasteiger partial charge in [0.2, 0.25) is 5.91 Å². The minimum Gasteiger partial charge on any atom is -0.376 e. The lowest BCUT2D eigenvalue weighted by Crippen LogP contribution is -2.36. The summed E-state index contributed by atoms with van der Waals surface area (Å²) in [4.78, 5) is 18.4. The highest BCUT2D eigenvalue weighted by Crippen LogP contribution is 2.17. The second-order valence-corrected chi connectivity index (χ2v) is 6.94. The van der Waals surface area contributed by atoms with Gasteiger partial charge in [-0.2, -0.15) is 0 Å². The number of hydrogen-bond acceptors (Lipinski definition) is 3. The van der Waals surface area contributed by atoms with E-state index < -0.39 is 0 Å². The van der Waals surface area contributed by atoms with Crippen LogP contribution in [-0.4, -0.2) is 39.6 Å². The molecule has 1 aliphatic heterocycles.